The fourth-order valence-corrected chi connectivity index (χ4v) is 2.65. The average molecular weight is 270 g/mol. The van der Waals surface area contributed by atoms with Gasteiger partial charge in [-0.3, -0.25) is 4.79 Å². The molecule has 1 saturated heterocycles. The van der Waals surface area contributed by atoms with E-state index in [1.165, 1.54) is 6.07 Å². The van der Waals surface area contributed by atoms with Gasteiger partial charge in [0.1, 0.15) is 5.82 Å². The third-order valence-corrected chi connectivity index (χ3v) is 3.87. The van der Waals surface area contributed by atoms with Crippen LogP contribution in [0.1, 0.15) is 31.7 Å². The molecular formula is C14H17ClFNO. The summed E-state index contributed by atoms with van der Waals surface area (Å²) in [4.78, 5) is 14.0. The molecule has 1 aliphatic rings. The Morgan fingerprint density at radius 3 is 2.94 bits per heavy atom. The van der Waals surface area contributed by atoms with E-state index in [-0.39, 0.29) is 18.4 Å². The molecule has 0 N–H and O–H groups in total. The summed E-state index contributed by atoms with van der Waals surface area (Å²) in [5, 5.41) is 0.327. The van der Waals surface area contributed by atoms with E-state index in [9.17, 15) is 9.18 Å². The molecule has 1 amide bonds. The second-order valence-corrected chi connectivity index (χ2v) is 5.22. The Labute approximate surface area is 112 Å². The number of hydrogen-bond acceptors (Lipinski definition) is 1. The minimum atomic E-state index is -0.402. The van der Waals surface area contributed by atoms with Crippen LogP contribution in [0.25, 0.3) is 0 Å². The quantitative estimate of drug-likeness (QED) is 0.806. The van der Waals surface area contributed by atoms with Crippen LogP contribution in [0, 0.1) is 5.82 Å². The molecule has 98 valence electrons. The molecular weight excluding hydrogens is 253 g/mol. The summed E-state index contributed by atoms with van der Waals surface area (Å²) < 4.78 is 13.6. The van der Waals surface area contributed by atoms with Gasteiger partial charge < -0.3 is 4.90 Å². The van der Waals surface area contributed by atoms with Crippen LogP contribution in [-0.2, 0) is 11.2 Å². The van der Waals surface area contributed by atoms with Crippen LogP contribution in [0.2, 0.25) is 5.02 Å². The van der Waals surface area contributed by atoms with Crippen molar-refractivity contribution < 1.29 is 9.18 Å². The van der Waals surface area contributed by atoms with E-state index >= 15 is 0 Å². The summed E-state index contributed by atoms with van der Waals surface area (Å²) in [5.41, 5.74) is 0.307. The summed E-state index contributed by atoms with van der Waals surface area (Å²) in [7, 11) is 0. The zero-order valence-electron chi connectivity index (χ0n) is 10.5. The molecule has 0 radical (unpaired) electrons. The number of halogens is 2. The standard InChI is InChI=1S/C14H17ClFNO/c1-10-5-2-3-8-17(10)14(18)9-11-12(15)6-4-7-13(11)16/h4,6-7,10H,2-3,5,8-9H2,1H3. The predicted octanol–water partition coefficient (Wildman–Crippen LogP) is 3.42. The van der Waals surface area contributed by atoms with Crippen LogP contribution in [0.5, 0.6) is 0 Å². The van der Waals surface area contributed by atoms with Crippen LogP contribution in [0.4, 0.5) is 4.39 Å². The van der Waals surface area contributed by atoms with Gasteiger partial charge in [0.25, 0.3) is 0 Å². The van der Waals surface area contributed by atoms with Crippen LogP contribution in [0.3, 0.4) is 0 Å². The van der Waals surface area contributed by atoms with Gasteiger partial charge >= 0.3 is 0 Å². The smallest absolute Gasteiger partial charge is 0.227 e. The third-order valence-electron chi connectivity index (χ3n) is 3.51. The van der Waals surface area contributed by atoms with Gasteiger partial charge in [0.15, 0.2) is 0 Å². The first kappa shape index (κ1) is 13.3. The Hall–Kier alpha value is -1.09. The zero-order valence-corrected chi connectivity index (χ0v) is 11.2. The number of rotatable bonds is 2. The number of amides is 1. The summed E-state index contributed by atoms with van der Waals surface area (Å²) in [6, 6.07) is 4.76. The van der Waals surface area contributed by atoms with Gasteiger partial charge in [-0.2, -0.15) is 0 Å². The Kier molecular flexibility index (Phi) is 4.23. The van der Waals surface area contributed by atoms with Crippen molar-refractivity contribution in [3.05, 3.63) is 34.6 Å². The van der Waals surface area contributed by atoms with E-state index < -0.39 is 5.82 Å². The molecule has 0 bridgehead atoms. The van der Waals surface area contributed by atoms with Gasteiger partial charge in [-0.25, -0.2) is 4.39 Å². The van der Waals surface area contributed by atoms with E-state index in [1.54, 1.807) is 12.1 Å². The van der Waals surface area contributed by atoms with Gasteiger partial charge in [-0.05, 0) is 38.3 Å². The number of carbonyl (C=O) groups excluding carboxylic acids is 1. The molecule has 0 saturated carbocycles. The minimum Gasteiger partial charge on any atom is -0.340 e. The fourth-order valence-electron chi connectivity index (χ4n) is 2.42. The molecule has 1 aromatic carbocycles. The van der Waals surface area contributed by atoms with Gasteiger partial charge in [0, 0.05) is 23.2 Å². The fraction of sp³-hybridized carbons (Fsp3) is 0.500. The van der Waals surface area contributed by atoms with Crippen molar-refractivity contribution in [3.8, 4) is 0 Å². The van der Waals surface area contributed by atoms with Gasteiger partial charge in [-0.1, -0.05) is 17.7 Å². The van der Waals surface area contributed by atoms with Crippen LogP contribution >= 0.6 is 11.6 Å². The van der Waals surface area contributed by atoms with Crippen molar-refractivity contribution in [1.82, 2.24) is 4.90 Å². The number of likely N-dealkylation sites (tertiary alicyclic amines) is 1. The van der Waals surface area contributed by atoms with Crippen LogP contribution in [0.15, 0.2) is 18.2 Å². The summed E-state index contributed by atoms with van der Waals surface area (Å²) >= 11 is 5.94. The molecule has 1 atom stereocenters. The maximum atomic E-state index is 13.6. The Morgan fingerprint density at radius 1 is 1.50 bits per heavy atom. The summed E-state index contributed by atoms with van der Waals surface area (Å²) in [6.07, 6.45) is 3.26. The molecule has 1 unspecified atom stereocenters. The first-order chi connectivity index (χ1) is 8.59. The van der Waals surface area contributed by atoms with Gasteiger partial charge in [-0.15, -0.1) is 0 Å². The molecule has 2 rings (SSSR count). The van der Waals surface area contributed by atoms with E-state index in [4.69, 9.17) is 11.6 Å². The molecule has 0 aliphatic carbocycles. The number of piperidine rings is 1. The highest BCUT2D eigenvalue weighted by Crippen LogP contribution is 2.22. The topological polar surface area (TPSA) is 20.3 Å². The van der Waals surface area contributed by atoms with Crippen molar-refractivity contribution in [2.24, 2.45) is 0 Å². The number of hydrogen-bond donors (Lipinski definition) is 0. The average Bonchev–Trinajstić information content (AvgIpc) is 2.34. The van der Waals surface area contributed by atoms with Crippen LogP contribution < -0.4 is 0 Å². The molecule has 1 fully saturated rings. The van der Waals surface area contributed by atoms with E-state index in [2.05, 4.69) is 0 Å². The second-order valence-electron chi connectivity index (χ2n) is 4.81. The van der Waals surface area contributed by atoms with Crippen molar-refractivity contribution in [2.75, 3.05) is 6.54 Å². The first-order valence-corrected chi connectivity index (χ1v) is 6.69. The largest absolute Gasteiger partial charge is 0.340 e. The molecule has 1 heterocycles. The van der Waals surface area contributed by atoms with Crippen molar-refractivity contribution in [3.63, 3.8) is 0 Å². The maximum absolute atomic E-state index is 13.6. The predicted molar refractivity (Wildman–Crippen MR) is 70.1 cm³/mol. The van der Waals surface area contributed by atoms with Gasteiger partial charge in [0.05, 0.1) is 6.42 Å². The van der Waals surface area contributed by atoms with Gasteiger partial charge in [0.2, 0.25) is 5.91 Å². The van der Waals surface area contributed by atoms with Crippen molar-refractivity contribution in [2.45, 2.75) is 38.6 Å². The SMILES string of the molecule is CC1CCCCN1C(=O)Cc1c(F)cccc1Cl. The molecule has 1 aliphatic heterocycles. The van der Waals surface area contributed by atoms with E-state index in [1.807, 2.05) is 11.8 Å². The Morgan fingerprint density at radius 2 is 2.28 bits per heavy atom. The number of carbonyl (C=O) groups is 1. The lowest BCUT2D eigenvalue weighted by Gasteiger charge is -2.33. The second kappa shape index (κ2) is 5.70. The monoisotopic (exact) mass is 269 g/mol. The Balaban J connectivity index is 2.11. The molecule has 2 nitrogen and oxygen atoms in total. The lowest BCUT2D eigenvalue weighted by Crippen LogP contribution is -2.42. The molecule has 1 aromatic rings. The number of nitrogens with zero attached hydrogens (tertiary/aromatic N) is 1. The zero-order chi connectivity index (χ0) is 13.1. The molecule has 18 heavy (non-hydrogen) atoms. The lowest BCUT2D eigenvalue weighted by molar-refractivity contribution is -0.133. The van der Waals surface area contributed by atoms with Crippen molar-refractivity contribution in [1.29, 1.82) is 0 Å². The van der Waals surface area contributed by atoms with E-state index in [0.29, 0.717) is 10.6 Å². The minimum absolute atomic E-state index is 0.0331. The first-order valence-electron chi connectivity index (χ1n) is 6.32. The highest BCUT2D eigenvalue weighted by molar-refractivity contribution is 6.31. The molecule has 0 aromatic heterocycles. The lowest BCUT2D eigenvalue weighted by atomic mass is 10.0. The normalized spacial score (nSPS) is 19.9. The van der Waals surface area contributed by atoms with Crippen molar-refractivity contribution >= 4 is 17.5 Å². The number of benzene rings is 1. The highest BCUT2D eigenvalue weighted by atomic mass is 35.5. The Bertz CT molecular complexity index is 429. The highest BCUT2D eigenvalue weighted by Gasteiger charge is 2.24. The van der Waals surface area contributed by atoms with E-state index in [0.717, 1.165) is 25.8 Å². The third kappa shape index (κ3) is 2.83. The van der Waals surface area contributed by atoms with Crippen LogP contribution in [-0.4, -0.2) is 23.4 Å². The molecule has 4 heteroatoms. The molecule has 0 spiro atoms. The summed E-state index contributed by atoms with van der Waals surface area (Å²) in [6.45, 7) is 2.81. The maximum Gasteiger partial charge on any atom is 0.227 e. The summed E-state index contributed by atoms with van der Waals surface area (Å²) in [5.74, 6) is -0.435.